The second kappa shape index (κ2) is 8.13. The number of carbonyl (C=O) groups is 1. The third-order valence-corrected chi connectivity index (χ3v) is 4.83. The Labute approximate surface area is 173 Å². The molecule has 2 aromatic carbocycles. The number of methoxy groups -OCH3 is 1. The monoisotopic (exact) mass is 422 g/mol. The Kier molecular flexibility index (Phi) is 5.22. The third kappa shape index (κ3) is 3.89. The topological polar surface area (TPSA) is 120 Å². The Morgan fingerprint density at radius 3 is 2.83 bits per heavy atom. The molecule has 10 heteroatoms. The van der Waals surface area contributed by atoms with Crippen molar-refractivity contribution in [3.8, 4) is 5.75 Å². The molecule has 4 aromatic rings. The van der Waals surface area contributed by atoms with Gasteiger partial charge in [0.05, 0.1) is 12.0 Å². The van der Waals surface area contributed by atoms with E-state index in [0.717, 1.165) is 0 Å². The summed E-state index contributed by atoms with van der Waals surface area (Å²) < 4.78 is 11.2. The Bertz CT molecular complexity index is 1310. The number of amides is 1. The number of hydrogen-bond acceptors (Lipinski definition) is 8. The number of ether oxygens (including phenoxy) is 1. The highest BCUT2D eigenvalue weighted by Crippen LogP contribution is 2.26. The van der Waals surface area contributed by atoms with Crippen molar-refractivity contribution in [1.29, 1.82) is 0 Å². The first-order valence-corrected chi connectivity index (χ1v) is 9.54. The Hall–Kier alpha value is -4.05. The van der Waals surface area contributed by atoms with Gasteiger partial charge in [-0.05, 0) is 24.3 Å². The molecule has 0 radical (unpaired) electrons. The fourth-order valence-corrected chi connectivity index (χ4v) is 3.28. The fraction of sp³-hybridized carbons (Fsp3) is 0.0500. The number of thiazole rings is 1. The van der Waals surface area contributed by atoms with Gasteiger partial charge in [0.15, 0.2) is 5.13 Å². The van der Waals surface area contributed by atoms with Gasteiger partial charge in [-0.1, -0.05) is 12.1 Å². The lowest BCUT2D eigenvalue weighted by Gasteiger charge is -2.06. The molecule has 150 valence electrons. The maximum absolute atomic E-state index is 12.9. The van der Waals surface area contributed by atoms with Crippen molar-refractivity contribution < 1.29 is 18.9 Å². The molecule has 2 aromatic heterocycles. The van der Waals surface area contributed by atoms with Crippen LogP contribution in [0, 0.1) is 10.1 Å². The van der Waals surface area contributed by atoms with Gasteiger partial charge in [0.1, 0.15) is 22.6 Å². The zero-order chi connectivity index (χ0) is 21.1. The van der Waals surface area contributed by atoms with Crippen LogP contribution in [-0.2, 0) is 0 Å². The van der Waals surface area contributed by atoms with Gasteiger partial charge in [-0.15, -0.1) is 11.3 Å². The maximum Gasteiger partial charge on any atom is 0.270 e. The van der Waals surface area contributed by atoms with Crippen LogP contribution in [0.3, 0.4) is 0 Å². The summed E-state index contributed by atoms with van der Waals surface area (Å²) in [4.78, 5) is 32.0. The van der Waals surface area contributed by atoms with E-state index in [2.05, 4.69) is 15.3 Å². The van der Waals surface area contributed by atoms with Gasteiger partial charge in [-0.25, -0.2) is 9.98 Å². The number of rotatable bonds is 5. The molecule has 0 fully saturated rings. The molecule has 0 bridgehead atoms. The summed E-state index contributed by atoms with van der Waals surface area (Å²) in [6.45, 7) is 0. The van der Waals surface area contributed by atoms with Gasteiger partial charge in [-0.3, -0.25) is 20.2 Å². The first kappa shape index (κ1) is 19.3. The number of nitro benzene ring substituents is 1. The van der Waals surface area contributed by atoms with Gasteiger partial charge in [0.2, 0.25) is 5.55 Å². The summed E-state index contributed by atoms with van der Waals surface area (Å²) in [6, 6.07) is 12.7. The third-order valence-electron chi connectivity index (χ3n) is 4.15. The lowest BCUT2D eigenvalue weighted by Crippen LogP contribution is -2.21. The van der Waals surface area contributed by atoms with E-state index in [1.165, 1.54) is 42.7 Å². The van der Waals surface area contributed by atoms with E-state index < -0.39 is 10.8 Å². The predicted octanol–water partition coefficient (Wildman–Crippen LogP) is 4.29. The lowest BCUT2D eigenvalue weighted by atomic mass is 10.1. The van der Waals surface area contributed by atoms with Gasteiger partial charge < -0.3 is 9.15 Å². The van der Waals surface area contributed by atoms with E-state index in [9.17, 15) is 14.9 Å². The second-order valence-corrected chi connectivity index (χ2v) is 6.91. The standard InChI is InChI=1S/C20H14N4O5S/c1-28-17-5-3-2-4-15(17)22-19-14(18(25)23-20-21-8-9-30-20)11-12-10-13(24(26)27)6-7-16(12)29-19/h2-11H,1H3,(H,21,23,25). The summed E-state index contributed by atoms with van der Waals surface area (Å²) >= 11 is 1.26. The SMILES string of the molecule is COc1ccccc1N=c1oc2ccc([N+](=O)[O-])cc2cc1C(=O)Nc1nccs1. The largest absolute Gasteiger partial charge is 0.494 e. The second-order valence-electron chi connectivity index (χ2n) is 6.02. The molecule has 1 N–H and O–H groups in total. The van der Waals surface area contributed by atoms with E-state index in [1.807, 2.05) is 0 Å². The minimum absolute atomic E-state index is 0.0370. The summed E-state index contributed by atoms with van der Waals surface area (Å²) in [5.74, 6) is -0.00136. The van der Waals surface area contributed by atoms with Gasteiger partial charge in [0.25, 0.3) is 11.6 Å². The van der Waals surface area contributed by atoms with E-state index in [0.29, 0.717) is 27.5 Å². The number of aromatic nitrogens is 1. The normalized spacial score (nSPS) is 11.4. The van der Waals surface area contributed by atoms with Crippen molar-refractivity contribution in [3.63, 3.8) is 0 Å². The predicted molar refractivity (Wildman–Crippen MR) is 111 cm³/mol. The minimum Gasteiger partial charge on any atom is -0.494 e. The van der Waals surface area contributed by atoms with Crippen molar-refractivity contribution in [1.82, 2.24) is 4.98 Å². The zero-order valence-corrected chi connectivity index (χ0v) is 16.4. The first-order chi connectivity index (χ1) is 14.5. The smallest absolute Gasteiger partial charge is 0.270 e. The van der Waals surface area contributed by atoms with Crippen molar-refractivity contribution in [2.75, 3.05) is 12.4 Å². The number of nitro groups is 1. The molecular formula is C20H14N4O5S. The van der Waals surface area contributed by atoms with E-state index >= 15 is 0 Å². The first-order valence-electron chi connectivity index (χ1n) is 8.66. The number of benzene rings is 2. The number of para-hydroxylation sites is 2. The van der Waals surface area contributed by atoms with Crippen LogP contribution in [0.2, 0.25) is 0 Å². The van der Waals surface area contributed by atoms with Crippen molar-refractivity contribution >= 4 is 44.7 Å². The molecule has 0 aliphatic heterocycles. The van der Waals surface area contributed by atoms with Gasteiger partial charge in [0, 0.05) is 29.1 Å². The fourth-order valence-electron chi connectivity index (χ4n) is 2.76. The van der Waals surface area contributed by atoms with Crippen molar-refractivity contribution in [3.05, 3.63) is 81.3 Å². The lowest BCUT2D eigenvalue weighted by molar-refractivity contribution is -0.384. The highest BCUT2D eigenvalue weighted by atomic mass is 32.1. The van der Waals surface area contributed by atoms with E-state index in [4.69, 9.17) is 9.15 Å². The molecule has 9 nitrogen and oxygen atoms in total. The Morgan fingerprint density at radius 1 is 1.27 bits per heavy atom. The van der Waals surface area contributed by atoms with Crippen LogP contribution >= 0.6 is 11.3 Å². The number of hydrogen-bond donors (Lipinski definition) is 1. The Balaban J connectivity index is 1.92. The number of nitrogens with one attached hydrogen (secondary N) is 1. The van der Waals surface area contributed by atoms with Crippen molar-refractivity contribution in [2.24, 2.45) is 4.99 Å². The van der Waals surface area contributed by atoms with Crippen LogP contribution in [0.4, 0.5) is 16.5 Å². The number of nitrogens with zero attached hydrogens (tertiary/aromatic N) is 3. The van der Waals surface area contributed by atoms with Crippen LogP contribution < -0.4 is 15.6 Å². The molecule has 0 spiro atoms. The summed E-state index contributed by atoms with van der Waals surface area (Å²) in [6.07, 6.45) is 1.56. The molecule has 0 saturated carbocycles. The molecule has 4 rings (SSSR count). The molecule has 0 aliphatic carbocycles. The number of carbonyl (C=O) groups excluding carboxylic acids is 1. The van der Waals surface area contributed by atoms with Crippen molar-refractivity contribution in [2.45, 2.75) is 0 Å². The molecule has 1 amide bonds. The molecular weight excluding hydrogens is 408 g/mol. The average molecular weight is 422 g/mol. The van der Waals surface area contributed by atoms with E-state index in [-0.39, 0.29) is 16.8 Å². The molecule has 0 atom stereocenters. The van der Waals surface area contributed by atoms with Crippen LogP contribution in [0.1, 0.15) is 10.4 Å². The van der Waals surface area contributed by atoms with Gasteiger partial charge in [-0.2, -0.15) is 0 Å². The number of non-ortho nitro benzene ring substituents is 1. The minimum atomic E-state index is -0.512. The molecule has 0 aliphatic rings. The van der Waals surface area contributed by atoms with Crippen LogP contribution in [0.5, 0.6) is 5.75 Å². The Morgan fingerprint density at radius 2 is 2.10 bits per heavy atom. The molecule has 0 unspecified atom stereocenters. The molecule has 2 heterocycles. The van der Waals surface area contributed by atoms with Crippen LogP contribution in [0.25, 0.3) is 11.0 Å². The summed E-state index contributed by atoms with van der Waals surface area (Å²) in [5.41, 5.74) is 0.839. The highest BCUT2D eigenvalue weighted by Gasteiger charge is 2.16. The number of fused-ring (bicyclic) bond motifs is 1. The van der Waals surface area contributed by atoms with Crippen LogP contribution in [0.15, 0.2) is 69.5 Å². The van der Waals surface area contributed by atoms with Gasteiger partial charge >= 0.3 is 0 Å². The number of anilines is 1. The molecule has 0 saturated heterocycles. The quantitative estimate of drug-likeness (QED) is 0.378. The molecule has 30 heavy (non-hydrogen) atoms. The summed E-state index contributed by atoms with van der Waals surface area (Å²) in [7, 11) is 1.51. The summed E-state index contributed by atoms with van der Waals surface area (Å²) in [5, 5.41) is 16.3. The van der Waals surface area contributed by atoms with E-state index in [1.54, 1.807) is 35.8 Å². The van der Waals surface area contributed by atoms with Crippen LogP contribution in [-0.4, -0.2) is 22.9 Å². The zero-order valence-electron chi connectivity index (χ0n) is 15.6. The maximum atomic E-state index is 12.9. The highest BCUT2D eigenvalue weighted by molar-refractivity contribution is 7.13. The average Bonchev–Trinajstić information content (AvgIpc) is 3.26.